The second-order valence-electron chi connectivity index (χ2n) is 6.01. The van der Waals surface area contributed by atoms with Crippen LogP contribution in [0.25, 0.3) is 0 Å². The van der Waals surface area contributed by atoms with Gasteiger partial charge in [0.1, 0.15) is 11.6 Å². The van der Waals surface area contributed by atoms with Gasteiger partial charge in [-0.15, -0.1) is 11.8 Å². The number of hydrogen-bond donors (Lipinski definition) is 1. The number of hydrogen-bond acceptors (Lipinski definition) is 4. The zero-order chi connectivity index (χ0) is 19.2. The van der Waals surface area contributed by atoms with Crippen LogP contribution in [0.4, 0.5) is 15.9 Å². The van der Waals surface area contributed by atoms with Gasteiger partial charge in [0.15, 0.2) is 0 Å². The second-order valence-corrected chi connectivity index (χ2v) is 6.89. The molecule has 0 aliphatic carbocycles. The van der Waals surface area contributed by atoms with Crippen LogP contribution < -0.4 is 5.32 Å². The molecule has 27 heavy (non-hydrogen) atoms. The Morgan fingerprint density at radius 3 is 2.56 bits per heavy atom. The first-order chi connectivity index (χ1) is 13.1. The van der Waals surface area contributed by atoms with Crippen molar-refractivity contribution in [3.8, 4) is 0 Å². The van der Waals surface area contributed by atoms with E-state index in [-0.39, 0.29) is 11.6 Å². The van der Waals surface area contributed by atoms with Gasteiger partial charge in [0.05, 0.1) is 11.3 Å². The van der Waals surface area contributed by atoms with Gasteiger partial charge in [-0.1, -0.05) is 24.3 Å². The summed E-state index contributed by atoms with van der Waals surface area (Å²) < 4.78 is 13.9. The standard InChI is InChI=1S/C21H20FN3OS/c1-25(14-15-9-11-16(27-2)12-10-15)21(26)17-6-5-13-23-20(17)24-19-8-4-3-7-18(19)22/h3-13H,14H2,1-2H3,(H,23,24). The van der Waals surface area contributed by atoms with E-state index < -0.39 is 5.82 Å². The molecule has 0 aliphatic heterocycles. The second kappa shape index (κ2) is 8.68. The van der Waals surface area contributed by atoms with Gasteiger partial charge in [-0.2, -0.15) is 0 Å². The Bertz CT molecular complexity index is 931. The fourth-order valence-electron chi connectivity index (χ4n) is 2.65. The van der Waals surface area contributed by atoms with E-state index in [4.69, 9.17) is 0 Å². The van der Waals surface area contributed by atoms with Crippen molar-refractivity contribution in [2.24, 2.45) is 0 Å². The Morgan fingerprint density at radius 2 is 1.85 bits per heavy atom. The van der Waals surface area contributed by atoms with E-state index in [0.29, 0.717) is 17.9 Å². The number of carbonyl (C=O) groups excluding carboxylic acids is 1. The Hall–Kier alpha value is -2.86. The van der Waals surface area contributed by atoms with E-state index in [1.807, 2.05) is 30.5 Å². The molecule has 3 rings (SSSR count). The maximum atomic E-state index is 13.9. The number of carbonyl (C=O) groups is 1. The lowest BCUT2D eigenvalue weighted by Gasteiger charge is -2.19. The Morgan fingerprint density at radius 1 is 1.11 bits per heavy atom. The molecule has 1 aromatic heterocycles. The number of thioether (sulfide) groups is 1. The van der Waals surface area contributed by atoms with Crippen LogP contribution in [-0.2, 0) is 6.54 Å². The first-order valence-electron chi connectivity index (χ1n) is 8.43. The van der Waals surface area contributed by atoms with Crippen LogP contribution in [0, 0.1) is 5.82 Å². The van der Waals surface area contributed by atoms with Gasteiger partial charge in [-0.05, 0) is 48.2 Å². The van der Waals surface area contributed by atoms with Gasteiger partial charge >= 0.3 is 0 Å². The lowest BCUT2D eigenvalue weighted by atomic mass is 10.1. The molecule has 6 heteroatoms. The predicted octanol–water partition coefficient (Wildman–Crippen LogP) is 4.96. The molecule has 1 amide bonds. The number of para-hydroxylation sites is 1. The number of amides is 1. The average molecular weight is 381 g/mol. The zero-order valence-electron chi connectivity index (χ0n) is 15.1. The molecule has 0 aliphatic rings. The maximum absolute atomic E-state index is 13.9. The number of nitrogens with zero attached hydrogens (tertiary/aromatic N) is 2. The Labute approximate surface area is 162 Å². The molecule has 4 nitrogen and oxygen atoms in total. The number of aromatic nitrogens is 1. The third-order valence-electron chi connectivity index (χ3n) is 4.09. The van der Waals surface area contributed by atoms with Crippen LogP contribution in [-0.4, -0.2) is 29.1 Å². The molecule has 3 aromatic rings. The molecule has 0 atom stereocenters. The van der Waals surface area contributed by atoms with Crippen molar-refractivity contribution in [1.29, 1.82) is 0 Å². The number of rotatable bonds is 6. The van der Waals surface area contributed by atoms with Gasteiger partial charge in [0, 0.05) is 24.7 Å². The molecule has 1 N–H and O–H groups in total. The zero-order valence-corrected chi connectivity index (χ0v) is 16.0. The molecular weight excluding hydrogens is 361 g/mol. The first-order valence-corrected chi connectivity index (χ1v) is 9.66. The Balaban J connectivity index is 1.78. The van der Waals surface area contributed by atoms with Crippen LogP contribution in [0.2, 0.25) is 0 Å². The van der Waals surface area contributed by atoms with Crippen LogP contribution in [0.1, 0.15) is 15.9 Å². The molecule has 0 bridgehead atoms. The summed E-state index contributed by atoms with van der Waals surface area (Å²) in [5.74, 6) is -0.253. The lowest BCUT2D eigenvalue weighted by molar-refractivity contribution is 0.0785. The summed E-state index contributed by atoms with van der Waals surface area (Å²) in [6.45, 7) is 0.474. The van der Waals surface area contributed by atoms with Crippen LogP contribution in [0.3, 0.4) is 0 Å². The number of benzene rings is 2. The summed E-state index contributed by atoms with van der Waals surface area (Å²) in [6.07, 6.45) is 3.60. The summed E-state index contributed by atoms with van der Waals surface area (Å²) in [7, 11) is 1.74. The quantitative estimate of drug-likeness (QED) is 0.613. The van der Waals surface area contributed by atoms with Gasteiger partial charge in [0.2, 0.25) is 0 Å². The Kier molecular flexibility index (Phi) is 6.08. The van der Waals surface area contributed by atoms with E-state index in [2.05, 4.69) is 10.3 Å². The maximum Gasteiger partial charge on any atom is 0.257 e. The number of nitrogens with one attached hydrogen (secondary N) is 1. The molecule has 0 spiro atoms. The first kappa shape index (κ1) is 18.9. The number of pyridine rings is 1. The fraction of sp³-hybridized carbons (Fsp3) is 0.143. The van der Waals surface area contributed by atoms with Crippen LogP contribution in [0.15, 0.2) is 71.8 Å². The molecule has 0 unspecified atom stereocenters. The van der Waals surface area contributed by atoms with Gasteiger partial charge in [0.25, 0.3) is 5.91 Å². The van der Waals surface area contributed by atoms with Crippen molar-refractivity contribution in [2.75, 3.05) is 18.6 Å². The summed E-state index contributed by atoms with van der Waals surface area (Å²) in [5, 5.41) is 2.92. The van der Waals surface area contributed by atoms with E-state index in [1.54, 1.807) is 60.2 Å². The highest BCUT2D eigenvalue weighted by Crippen LogP contribution is 2.22. The molecule has 138 valence electrons. The van der Waals surface area contributed by atoms with Gasteiger partial charge < -0.3 is 10.2 Å². The monoisotopic (exact) mass is 381 g/mol. The van der Waals surface area contributed by atoms with Crippen molar-refractivity contribution >= 4 is 29.2 Å². The topological polar surface area (TPSA) is 45.2 Å². The van der Waals surface area contributed by atoms with E-state index >= 15 is 0 Å². The van der Waals surface area contributed by atoms with Crippen molar-refractivity contribution < 1.29 is 9.18 Å². The summed E-state index contributed by atoms with van der Waals surface area (Å²) in [4.78, 5) is 19.9. The van der Waals surface area contributed by atoms with Crippen molar-refractivity contribution in [2.45, 2.75) is 11.4 Å². The summed E-state index contributed by atoms with van der Waals surface area (Å²) in [5.41, 5.74) is 1.71. The summed E-state index contributed by atoms with van der Waals surface area (Å²) >= 11 is 1.68. The fourth-order valence-corrected chi connectivity index (χ4v) is 3.06. The molecular formula is C21H20FN3OS. The van der Waals surface area contributed by atoms with Gasteiger partial charge in [-0.3, -0.25) is 4.79 Å². The molecule has 0 radical (unpaired) electrons. The molecule has 1 heterocycles. The normalized spacial score (nSPS) is 10.5. The molecule has 0 saturated carbocycles. The summed E-state index contributed by atoms with van der Waals surface area (Å²) in [6, 6.07) is 17.8. The van der Waals surface area contributed by atoms with Crippen molar-refractivity contribution in [3.63, 3.8) is 0 Å². The molecule has 2 aromatic carbocycles. The molecule has 0 fully saturated rings. The van der Waals surface area contributed by atoms with Crippen LogP contribution in [0.5, 0.6) is 0 Å². The van der Waals surface area contributed by atoms with Crippen molar-refractivity contribution in [1.82, 2.24) is 9.88 Å². The van der Waals surface area contributed by atoms with Crippen LogP contribution >= 0.6 is 11.8 Å². The number of halogens is 1. The lowest BCUT2D eigenvalue weighted by Crippen LogP contribution is -2.27. The predicted molar refractivity (Wildman–Crippen MR) is 108 cm³/mol. The SMILES string of the molecule is CSc1ccc(CN(C)C(=O)c2cccnc2Nc2ccccc2F)cc1. The van der Waals surface area contributed by atoms with Crippen molar-refractivity contribution in [3.05, 3.63) is 83.8 Å². The smallest absolute Gasteiger partial charge is 0.257 e. The van der Waals surface area contributed by atoms with Gasteiger partial charge in [-0.25, -0.2) is 9.37 Å². The highest BCUT2D eigenvalue weighted by atomic mass is 32.2. The highest BCUT2D eigenvalue weighted by Gasteiger charge is 2.17. The number of anilines is 2. The largest absolute Gasteiger partial charge is 0.337 e. The minimum Gasteiger partial charge on any atom is -0.337 e. The van der Waals surface area contributed by atoms with E-state index in [9.17, 15) is 9.18 Å². The average Bonchev–Trinajstić information content (AvgIpc) is 2.70. The van der Waals surface area contributed by atoms with E-state index in [0.717, 1.165) is 5.56 Å². The minimum atomic E-state index is -0.399. The minimum absolute atomic E-state index is 0.184. The third kappa shape index (κ3) is 4.65. The van der Waals surface area contributed by atoms with E-state index in [1.165, 1.54) is 11.0 Å². The highest BCUT2D eigenvalue weighted by molar-refractivity contribution is 7.98. The molecule has 0 saturated heterocycles. The third-order valence-corrected chi connectivity index (χ3v) is 4.83.